The van der Waals surface area contributed by atoms with E-state index in [0.717, 1.165) is 12.8 Å². The van der Waals surface area contributed by atoms with E-state index in [2.05, 4.69) is 10.3 Å². The Bertz CT molecular complexity index is 449. The molecule has 0 aromatic carbocycles. The maximum absolute atomic E-state index is 12.0. The predicted octanol–water partition coefficient (Wildman–Crippen LogP) is 1.21. The number of nitrogens with zero attached hydrogens (tertiary/aromatic N) is 1. The number of pyridine rings is 1. The van der Waals surface area contributed by atoms with Gasteiger partial charge in [-0.2, -0.15) is 0 Å². The summed E-state index contributed by atoms with van der Waals surface area (Å²) in [5.41, 5.74) is 5.88. The van der Waals surface area contributed by atoms with Crippen LogP contribution in [0.2, 0.25) is 5.02 Å². The first-order chi connectivity index (χ1) is 8.61. The number of aromatic nitrogens is 1. The third kappa shape index (κ3) is 3.11. The van der Waals surface area contributed by atoms with E-state index in [0.29, 0.717) is 17.9 Å². The normalized spacial score (nSPS) is 16.3. The summed E-state index contributed by atoms with van der Waals surface area (Å²) in [4.78, 5) is 15.8. The van der Waals surface area contributed by atoms with Gasteiger partial charge < -0.3 is 16.2 Å². The first-order valence-electron chi connectivity index (χ1n) is 5.94. The first kappa shape index (κ1) is 13.1. The summed E-state index contributed by atoms with van der Waals surface area (Å²) in [7, 11) is 0. The van der Waals surface area contributed by atoms with E-state index < -0.39 is 0 Å². The summed E-state index contributed by atoms with van der Waals surface area (Å²) in [5, 5.41) is 12.2. The molecule has 0 radical (unpaired) electrons. The topological polar surface area (TPSA) is 88.2 Å². The summed E-state index contributed by atoms with van der Waals surface area (Å²) in [6, 6.07) is 1.53. The molecule has 1 unspecified atom stereocenters. The van der Waals surface area contributed by atoms with E-state index in [-0.39, 0.29) is 29.4 Å². The Labute approximate surface area is 110 Å². The van der Waals surface area contributed by atoms with Gasteiger partial charge in [-0.3, -0.25) is 4.79 Å². The summed E-state index contributed by atoms with van der Waals surface area (Å²) in [5.74, 6) is 0.468. The third-order valence-corrected chi connectivity index (χ3v) is 3.38. The van der Waals surface area contributed by atoms with Gasteiger partial charge in [0.25, 0.3) is 5.91 Å². The van der Waals surface area contributed by atoms with Crippen molar-refractivity contribution in [1.82, 2.24) is 10.3 Å². The highest BCUT2D eigenvalue weighted by Gasteiger charge is 2.32. The van der Waals surface area contributed by atoms with Crippen LogP contribution in [0.4, 0.5) is 5.82 Å². The van der Waals surface area contributed by atoms with Gasteiger partial charge in [0.05, 0.1) is 10.6 Å². The average Bonchev–Trinajstić information content (AvgIpc) is 3.16. The number of hydrogen-bond acceptors (Lipinski definition) is 4. The van der Waals surface area contributed by atoms with Crippen molar-refractivity contribution in [3.05, 3.63) is 22.8 Å². The van der Waals surface area contributed by atoms with Crippen molar-refractivity contribution in [2.24, 2.45) is 5.92 Å². The molecular formula is C12H16ClN3O2. The number of nitrogen functional groups attached to an aromatic ring is 1. The highest BCUT2D eigenvalue weighted by molar-refractivity contribution is 6.33. The standard InChI is InChI=1S/C12H16ClN3O2/c13-9-5-8(6-15-11(9)14)12(18)16-10(3-4-17)7-1-2-7/h5-7,10,17H,1-4H2,(H2,14,15)(H,16,18). The van der Waals surface area contributed by atoms with Crippen LogP contribution in [0, 0.1) is 5.92 Å². The van der Waals surface area contributed by atoms with Crippen LogP contribution < -0.4 is 11.1 Å². The fraction of sp³-hybridized carbons (Fsp3) is 0.500. The SMILES string of the molecule is Nc1ncc(C(=O)NC(CCO)C2CC2)cc1Cl. The second kappa shape index (κ2) is 5.54. The van der Waals surface area contributed by atoms with Crippen molar-refractivity contribution >= 4 is 23.3 Å². The molecule has 1 heterocycles. The predicted molar refractivity (Wildman–Crippen MR) is 69.3 cm³/mol. The summed E-state index contributed by atoms with van der Waals surface area (Å²) < 4.78 is 0. The van der Waals surface area contributed by atoms with Crippen molar-refractivity contribution in [3.8, 4) is 0 Å². The van der Waals surface area contributed by atoms with E-state index >= 15 is 0 Å². The Morgan fingerprint density at radius 2 is 2.39 bits per heavy atom. The Balaban J connectivity index is 2.03. The van der Waals surface area contributed by atoms with Gasteiger partial charge in [-0.15, -0.1) is 0 Å². The third-order valence-electron chi connectivity index (χ3n) is 3.08. The molecule has 1 aliphatic carbocycles. The molecule has 1 amide bonds. The Morgan fingerprint density at radius 3 is 2.94 bits per heavy atom. The van der Waals surface area contributed by atoms with Gasteiger partial charge in [-0.05, 0) is 31.2 Å². The van der Waals surface area contributed by atoms with E-state index in [1.807, 2.05) is 0 Å². The average molecular weight is 270 g/mol. The lowest BCUT2D eigenvalue weighted by Gasteiger charge is -2.17. The molecule has 2 rings (SSSR count). The van der Waals surface area contributed by atoms with Gasteiger partial charge in [0.1, 0.15) is 5.82 Å². The lowest BCUT2D eigenvalue weighted by Crippen LogP contribution is -2.37. The number of hydrogen-bond donors (Lipinski definition) is 3. The second-order valence-electron chi connectivity index (χ2n) is 4.52. The number of nitrogens with one attached hydrogen (secondary N) is 1. The maximum Gasteiger partial charge on any atom is 0.253 e. The minimum absolute atomic E-state index is 0.0267. The molecule has 4 N–H and O–H groups in total. The van der Waals surface area contributed by atoms with Crippen molar-refractivity contribution in [2.45, 2.75) is 25.3 Å². The minimum Gasteiger partial charge on any atom is -0.396 e. The lowest BCUT2D eigenvalue weighted by atomic mass is 10.1. The molecule has 1 fully saturated rings. The van der Waals surface area contributed by atoms with Gasteiger partial charge in [0.15, 0.2) is 0 Å². The molecule has 1 aromatic heterocycles. The number of anilines is 1. The van der Waals surface area contributed by atoms with Crippen LogP contribution in [-0.4, -0.2) is 28.6 Å². The van der Waals surface area contributed by atoms with Crippen molar-refractivity contribution < 1.29 is 9.90 Å². The van der Waals surface area contributed by atoms with E-state index in [9.17, 15) is 4.79 Å². The van der Waals surface area contributed by atoms with Crippen LogP contribution in [0.25, 0.3) is 0 Å². The molecule has 1 aliphatic rings. The Hall–Kier alpha value is -1.33. The van der Waals surface area contributed by atoms with Crippen molar-refractivity contribution in [2.75, 3.05) is 12.3 Å². The number of aliphatic hydroxyl groups excluding tert-OH is 1. The van der Waals surface area contributed by atoms with Crippen LogP contribution in [0.1, 0.15) is 29.6 Å². The van der Waals surface area contributed by atoms with Gasteiger partial charge in [0, 0.05) is 18.8 Å². The molecule has 0 saturated heterocycles. The number of carbonyl (C=O) groups is 1. The molecular weight excluding hydrogens is 254 g/mol. The van der Waals surface area contributed by atoms with Gasteiger partial charge in [-0.25, -0.2) is 4.98 Å². The Kier molecular flexibility index (Phi) is 4.04. The molecule has 1 saturated carbocycles. The van der Waals surface area contributed by atoms with Gasteiger partial charge in [-0.1, -0.05) is 11.6 Å². The number of aliphatic hydroxyl groups is 1. The zero-order valence-corrected chi connectivity index (χ0v) is 10.7. The highest BCUT2D eigenvalue weighted by Crippen LogP contribution is 2.34. The quantitative estimate of drug-likeness (QED) is 0.750. The molecule has 5 nitrogen and oxygen atoms in total. The van der Waals surface area contributed by atoms with Crippen molar-refractivity contribution in [3.63, 3.8) is 0 Å². The van der Waals surface area contributed by atoms with Crippen LogP contribution in [0.5, 0.6) is 0 Å². The molecule has 6 heteroatoms. The molecule has 1 aromatic rings. The van der Waals surface area contributed by atoms with E-state index in [1.165, 1.54) is 12.3 Å². The lowest BCUT2D eigenvalue weighted by molar-refractivity contribution is 0.0924. The summed E-state index contributed by atoms with van der Waals surface area (Å²) >= 11 is 5.82. The molecule has 1 atom stereocenters. The number of carbonyl (C=O) groups excluding carboxylic acids is 1. The molecule has 98 valence electrons. The maximum atomic E-state index is 12.0. The van der Waals surface area contributed by atoms with Gasteiger partial charge in [0.2, 0.25) is 0 Å². The molecule has 0 aliphatic heterocycles. The van der Waals surface area contributed by atoms with E-state index in [4.69, 9.17) is 22.4 Å². The first-order valence-corrected chi connectivity index (χ1v) is 6.32. The van der Waals surface area contributed by atoms with Crippen molar-refractivity contribution in [1.29, 1.82) is 0 Å². The van der Waals surface area contributed by atoms with Crippen LogP contribution in [0.15, 0.2) is 12.3 Å². The zero-order valence-electron chi connectivity index (χ0n) is 9.90. The number of amides is 1. The monoisotopic (exact) mass is 269 g/mol. The largest absolute Gasteiger partial charge is 0.396 e. The van der Waals surface area contributed by atoms with Crippen LogP contribution >= 0.6 is 11.6 Å². The van der Waals surface area contributed by atoms with Crippen LogP contribution in [0.3, 0.4) is 0 Å². The smallest absolute Gasteiger partial charge is 0.253 e. The fourth-order valence-electron chi connectivity index (χ4n) is 1.89. The fourth-order valence-corrected chi connectivity index (χ4v) is 2.05. The molecule has 0 spiro atoms. The second-order valence-corrected chi connectivity index (χ2v) is 4.93. The number of halogens is 1. The highest BCUT2D eigenvalue weighted by atomic mass is 35.5. The molecule has 18 heavy (non-hydrogen) atoms. The summed E-state index contributed by atoms with van der Waals surface area (Å²) in [6.45, 7) is 0.0716. The minimum atomic E-state index is -0.227. The summed E-state index contributed by atoms with van der Waals surface area (Å²) in [6.07, 6.45) is 4.18. The Morgan fingerprint density at radius 1 is 1.67 bits per heavy atom. The van der Waals surface area contributed by atoms with Gasteiger partial charge >= 0.3 is 0 Å². The number of nitrogens with two attached hydrogens (primary N) is 1. The zero-order chi connectivity index (χ0) is 13.1. The van der Waals surface area contributed by atoms with Crippen LogP contribution in [-0.2, 0) is 0 Å². The number of rotatable bonds is 5. The molecule has 0 bridgehead atoms. The van der Waals surface area contributed by atoms with E-state index in [1.54, 1.807) is 0 Å².